The van der Waals surface area contributed by atoms with Crippen molar-refractivity contribution in [1.82, 2.24) is 0 Å². The molecule has 0 aliphatic carbocycles. The molecule has 18 heavy (non-hydrogen) atoms. The van der Waals surface area contributed by atoms with Crippen molar-refractivity contribution in [3.05, 3.63) is 65.5 Å². The Morgan fingerprint density at radius 1 is 0.833 bits per heavy atom. The summed E-state index contributed by atoms with van der Waals surface area (Å²) in [5.41, 5.74) is 1.07. The van der Waals surface area contributed by atoms with Gasteiger partial charge in [0.2, 0.25) is 0 Å². The molecule has 0 fully saturated rings. The molecular formula is C14H12F3N. The Morgan fingerprint density at radius 3 is 2.28 bits per heavy atom. The Bertz CT molecular complexity index is 526. The number of nitrogens with one attached hydrogen (secondary N) is 1. The van der Waals surface area contributed by atoms with Crippen LogP contribution in [0.5, 0.6) is 0 Å². The lowest BCUT2D eigenvalue weighted by atomic mass is 10.1. The fourth-order valence-corrected chi connectivity index (χ4v) is 1.65. The molecule has 1 N–H and O–H groups in total. The second-order valence-electron chi connectivity index (χ2n) is 3.89. The summed E-state index contributed by atoms with van der Waals surface area (Å²) in [7, 11) is 0. The summed E-state index contributed by atoms with van der Waals surface area (Å²) in [5.74, 6) is -3.80. The highest BCUT2D eigenvalue weighted by Gasteiger charge is 2.12. The summed E-state index contributed by atoms with van der Waals surface area (Å²) in [6.07, 6.45) is 0.680. The van der Waals surface area contributed by atoms with Gasteiger partial charge in [-0.2, -0.15) is 0 Å². The van der Waals surface area contributed by atoms with Crippen LogP contribution in [-0.4, -0.2) is 6.54 Å². The fourth-order valence-electron chi connectivity index (χ4n) is 1.65. The van der Waals surface area contributed by atoms with Gasteiger partial charge in [-0.25, -0.2) is 13.2 Å². The van der Waals surface area contributed by atoms with Gasteiger partial charge in [-0.05, 0) is 24.1 Å². The molecule has 0 heterocycles. The van der Waals surface area contributed by atoms with Crippen LogP contribution in [0.4, 0.5) is 18.9 Å². The number of benzene rings is 2. The predicted molar refractivity (Wildman–Crippen MR) is 65.0 cm³/mol. The molecule has 2 aromatic carbocycles. The van der Waals surface area contributed by atoms with Crippen molar-refractivity contribution in [2.45, 2.75) is 6.42 Å². The number of halogens is 3. The molecule has 0 spiro atoms. The molecule has 1 nitrogen and oxygen atoms in total. The third-order valence-corrected chi connectivity index (χ3v) is 2.61. The van der Waals surface area contributed by atoms with E-state index in [0.717, 1.165) is 11.6 Å². The van der Waals surface area contributed by atoms with Gasteiger partial charge in [0.15, 0.2) is 17.5 Å². The van der Waals surface area contributed by atoms with Gasteiger partial charge in [-0.3, -0.25) is 0 Å². The van der Waals surface area contributed by atoms with Crippen LogP contribution in [0.2, 0.25) is 0 Å². The minimum atomic E-state index is -1.44. The zero-order chi connectivity index (χ0) is 13.0. The second-order valence-corrected chi connectivity index (χ2v) is 3.89. The molecule has 2 rings (SSSR count). The summed E-state index contributed by atoms with van der Waals surface area (Å²) in [5, 5.41) is 2.75. The minimum Gasteiger partial charge on any atom is -0.382 e. The van der Waals surface area contributed by atoms with Gasteiger partial charge in [0, 0.05) is 6.54 Å². The predicted octanol–water partition coefficient (Wildman–Crippen LogP) is 3.76. The van der Waals surface area contributed by atoms with Crippen LogP contribution >= 0.6 is 0 Å². The molecule has 0 aliphatic rings. The number of hydrogen-bond donors (Lipinski definition) is 1. The Kier molecular flexibility index (Phi) is 3.87. The standard InChI is InChI=1S/C14H12F3N/c15-11-6-7-12(14(17)13(11)16)18-9-8-10-4-2-1-3-5-10/h1-7,18H,8-9H2. The number of rotatable bonds is 4. The Morgan fingerprint density at radius 2 is 1.56 bits per heavy atom. The van der Waals surface area contributed by atoms with Gasteiger partial charge in [0.05, 0.1) is 5.69 Å². The smallest absolute Gasteiger partial charge is 0.196 e. The summed E-state index contributed by atoms with van der Waals surface area (Å²) in [4.78, 5) is 0. The van der Waals surface area contributed by atoms with Crippen molar-refractivity contribution in [3.63, 3.8) is 0 Å². The van der Waals surface area contributed by atoms with Gasteiger partial charge < -0.3 is 5.32 Å². The maximum Gasteiger partial charge on any atom is 0.196 e. The van der Waals surface area contributed by atoms with Crippen molar-refractivity contribution >= 4 is 5.69 Å². The van der Waals surface area contributed by atoms with E-state index in [1.807, 2.05) is 30.3 Å². The molecule has 0 saturated carbocycles. The monoisotopic (exact) mass is 251 g/mol. The average molecular weight is 251 g/mol. The number of hydrogen-bond acceptors (Lipinski definition) is 1. The zero-order valence-corrected chi connectivity index (χ0v) is 9.59. The first-order valence-electron chi connectivity index (χ1n) is 5.60. The molecule has 4 heteroatoms. The van der Waals surface area contributed by atoms with E-state index in [2.05, 4.69) is 5.32 Å². The molecule has 0 saturated heterocycles. The highest BCUT2D eigenvalue weighted by Crippen LogP contribution is 2.19. The molecule has 0 atom stereocenters. The lowest BCUT2D eigenvalue weighted by molar-refractivity contribution is 0.449. The molecule has 94 valence electrons. The van der Waals surface area contributed by atoms with Crippen molar-refractivity contribution in [2.24, 2.45) is 0 Å². The Balaban J connectivity index is 1.97. The van der Waals surface area contributed by atoms with Crippen LogP contribution < -0.4 is 5.32 Å². The Labute approximate surface area is 103 Å². The first-order valence-corrected chi connectivity index (χ1v) is 5.60. The highest BCUT2D eigenvalue weighted by molar-refractivity contribution is 5.45. The van der Waals surface area contributed by atoms with Crippen molar-refractivity contribution in [1.29, 1.82) is 0 Å². The van der Waals surface area contributed by atoms with Crippen LogP contribution in [0.3, 0.4) is 0 Å². The van der Waals surface area contributed by atoms with Gasteiger partial charge >= 0.3 is 0 Å². The summed E-state index contributed by atoms with van der Waals surface area (Å²) in [6.45, 7) is 0.450. The second kappa shape index (κ2) is 5.58. The molecular weight excluding hydrogens is 239 g/mol. The first kappa shape index (κ1) is 12.5. The van der Waals surface area contributed by atoms with E-state index >= 15 is 0 Å². The summed E-state index contributed by atoms with van der Waals surface area (Å²) >= 11 is 0. The fraction of sp³-hybridized carbons (Fsp3) is 0.143. The van der Waals surface area contributed by atoms with E-state index in [1.165, 1.54) is 6.07 Å². The van der Waals surface area contributed by atoms with Gasteiger partial charge in [-0.1, -0.05) is 30.3 Å². The molecule has 2 aromatic rings. The third-order valence-electron chi connectivity index (χ3n) is 2.61. The van der Waals surface area contributed by atoms with E-state index in [-0.39, 0.29) is 5.69 Å². The molecule has 0 radical (unpaired) electrons. The Hall–Kier alpha value is -1.97. The quantitative estimate of drug-likeness (QED) is 0.816. The largest absolute Gasteiger partial charge is 0.382 e. The van der Waals surface area contributed by atoms with Crippen LogP contribution in [-0.2, 0) is 6.42 Å². The van der Waals surface area contributed by atoms with Crippen molar-refractivity contribution in [3.8, 4) is 0 Å². The lowest BCUT2D eigenvalue weighted by Crippen LogP contribution is -2.07. The molecule has 0 bridgehead atoms. The maximum atomic E-state index is 13.3. The number of anilines is 1. The van der Waals surface area contributed by atoms with E-state index < -0.39 is 17.5 Å². The first-order chi connectivity index (χ1) is 8.68. The SMILES string of the molecule is Fc1ccc(NCCc2ccccc2)c(F)c1F. The average Bonchev–Trinajstić information content (AvgIpc) is 2.40. The topological polar surface area (TPSA) is 12.0 Å². The maximum absolute atomic E-state index is 13.3. The van der Waals surface area contributed by atoms with E-state index in [1.54, 1.807) is 0 Å². The van der Waals surface area contributed by atoms with Crippen molar-refractivity contribution in [2.75, 3.05) is 11.9 Å². The zero-order valence-electron chi connectivity index (χ0n) is 9.59. The third kappa shape index (κ3) is 2.83. The highest BCUT2D eigenvalue weighted by atomic mass is 19.2. The van der Waals surface area contributed by atoms with E-state index in [9.17, 15) is 13.2 Å². The van der Waals surface area contributed by atoms with Gasteiger partial charge in [0.25, 0.3) is 0 Å². The molecule has 0 aliphatic heterocycles. The van der Waals surface area contributed by atoms with Crippen LogP contribution in [0.15, 0.2) is 42.5 Å². The summed E-state index contributed by atoms with van der Waals surface area (Å²) in [6, 6.07) is 11.7. The summed E-state index contributed by atoms with van der Waals surface area (Å²) < 4.78 is 39.0. The molecule has 0 unspecified atom stereocenters. The van der Waals surface area contributed by atoms with E-state index in [4.69, 9.17) is 0 Å². The van der Waals surface area contributed by atoms with E-state index in [0.29, 0.717) is 13.0 Å². The van der Waals surface area contributed by atoms with Crippen LogP contribution in [0.25, 0.3) is 0 Å². The lowest BCUT2D eigenvalue weighted by Gasteiger charge is -2.08. The normalized spacial score (nSPS) is 10.4. The van der Waals surface area contributed by atoms with Crippen LogP contribution in [0.1, 0.15) is 5.56 Å². The molecule has 0 amide bonds. The van der Waals surface area contributed by atoms with Crippen LogP contribution in [0, 0.1) is 17.5 Å². The minimum absolute atomic E-state index is 0.0233. The molecule has 0 aromatic heterocycles. The van der Waals surface area contributed by atoms with Gasteiger partial charge in [0.1, 0.15) is 0 Å². The van der Waals surface area contributed by atoms with Gasteiger partial charge in [-0.15, -0.1) is 0 Å². The van der Waals surface area contributed by atoms with Crippen molar-refractivity contribution < 1.29 is 13.2 Å².